The number of phenolic OH excluding ortho intramolecular Hbond substituents is 1. The van der Waals surface area contributed by atoms with E-state index in [1.807, 2.05) is 12.1 Å². The van der Waals surface area contributed by atoms with Gasteiger partial charge in [-0.05, 0) is 30.9 Å². The predicted molar refractivity (Wildman–Crippen MR) is 88.4 cm³/mol. The smallest absolute Gasteiger partial charge is 0.127 e. The van der Waals surface area contributed by atoms with E-state index in [9.17, 15) is 5.11 Å². The summed E-state index contributed by atoms with van der Waals surface area (Å²) in [6, 6.07) is 5.93. The largest absolute Gasteiger partial charge is 0.507 e. The van der Waals surface area contributed by atoms with Crippen molar-refractivity contribution in [1.82, 2.24) is 10.2 Å². The maximum atomic E-state index is 10.5. The molecule has 1 saturated carbocycles. The van der Waals surface area contributed by atoms with Crippen LogP contribution in [-0.4, -0.2) is 43.3 Å². The molecule has 0 radical (unpaired) electrons. The van der Waals surface area contributed by atoms with Crippen LogP contribution in [0.5, 0.6) is 11.5 Å². The molecule has 4 heteroatoms. The Balaban J connectivity index is 1.96. The van der Waals surface area contributed by atoms with E-state index in [2.05, 4.69) is 10.2 Å². The molecule has 0 amide bonds. The molecule has 0 unspecified atom stereocenters. The molecular weight excluding hydrogens is 276 g/mol. The molecule has 22 heavy (non-hydrogen) atoms. The van der Waals surface area contributed by atoms with E-state index in [-0.39, 0.29) is 6.04 Å². The van der Waals surface area contributed by atoms with Crippen LogP contribution in [0.4, 0.5) is 0 Å². The average molecular weight is 304 g/mol. The number of methoxy groups -OCH3 is 1. The van der Waals surface area contributed by atoms with E-state index in [1.54, 1.807) is 13.2 Å². The van der Waals surface area contributed by atoms with E-state index in [4.69, 9.17) is 4.74 Å². The van der Waals surface area contributed by atoms with Crippen LogP contribution in [0.25, 0.3) is 0 Å². The van der Waals surface area contributed by atoms with Crippen LogP contribution >= 0.6 is 0 Å². The molecule has 2 fully saturated rings. The number of hydrogen-bond donors (Lipinski definition) is 2. The van der Waals surface area contributed by atoms with E-state index >= 15 is 0 Å². The molecule has 0 bridgehead atoms. The molecular formula is C18H28N2O2. The monoisotopic (exact) mass is 304 g/mol. The third kappa shape index (κ3) is 3.23. The van der Waals surface area contributed by atoms with Crippen molar-refractivity contribution in [3.8, 4) is 11.5 Å². The summed E-state index contributed by atoms with van der Waals surface area (Å²) in [4.78, 5) is 2.55. The number of benzene rings is 1. The first-order chi connectivity index (χ1) is 10.8. The highest BCUT2D eigenvalue weighted by molar-refractivity contribution is 5.46. The van der Waals surface area contributed by atoms with Gasteiger partial charge < -0.3 is 15.2 Å². The van der Waals surface area contributed by atoms with E-state index in [0.29, 0.717) is 11.7 Å². The Morgan fingerprint density at radius 2 is 1.91 bits per heavy atom. The van der Waals surface area contributed by atoms with Crippen molar-refractivity contribution in [3.63, 3.8) is 0 Å². The number of nitrogens with zero attached hydrogens (tertiary/aromatic N) is 1. The molecule has 1 aromatic carbocycles. The molecule has 1 aliphatic carbocycles. The maximum Gasteiger partial charge on any atom is 0.127 e. The van der Waals surface area contributed by atoms with Gasteiger partial charge in [-0.3, -0.25) is 4.90 Å². The van der Waals surface area contributed by atoms with Crippen LogP contribution in [0.2, 0.25) is 0 Å². The quantitative estimate of drug-likeness (QED) is 0.898. The first-order valence-corrected chi connectivity index (χ1v) is 8.62. The summed E-state index contributed by atoms with van der Waals surface area (Å²) in [5.41, 5.74) is 0.999. The van der Waals surface area contributed by atoms with Crippen molar-refractivity contribution in [3.05, 3.63) is 23.8 Å². The van der Waals surface area contributed by atoms with Crippen molar-refractivity contribution >= 4 is 0 Å². The Kier molecular flexibility index (Phi) is 5.21. The Labute approximate surface area is 133 Å². The highest BCUT2D eigenvalue weighted by Crippen LogP contribution is 2.45. The van der Waals surface area contributed by atoms with Crippen LogP contribution in [0.3, 0.4) is 0 Å². The third-order valence-corrected chi connectivity index (χ3v) is 5.20. The summed E-state index contributed by atoms with van der Waals surface area (Å²) in [7, 11) is 1.70. The average Bonchev–Trinajstić information content (AvgIpc) is 2.58. The minimum Gasteiger partial charge on any atom is -0.507 e. The van der Waals surface area contributed by atoms with Gasteiger partial charge in [0.1, 0.15) is 11.5 Å². The molecule has 1 saturated heterocycles. The maximum absolute atomic E-state index is 10.5. The van der Waals surface area contributed by atoms with Crippen molar-refractivity contribution in [2.45, 2.75) is 38.1 Å². The second-order valence-corrected chi connectivity index (χ2v) is 6.52. The van der Waals surface area contributed by atoms with Crippen molar-refractivity contribution in [2.75, 3.05) is 33.3 Å². The molecule has 2 aliphatic rings. The number of phenols is 1. The molecule has 0 aromatic heterocycles. The molecule has 2 N–H and O–H groups in total. The topological polar surface area (TPSA) is 44.7 Å². The Morgan fingerprint density at radius 3 is 2.59 bits per heavy atom. The van der Waals surface area contributed by atoms with Crippen molar-refractivity contribution in [1.29, 1.82) is 0 Å². The second kappa shape index (κ2) is 7.34. The fourth-order valence-corrected chi connectivity index (χ4v) is 4.13. The Hall–Kier alpha value is -1.26. The molecule has 122 valence electrons. The summed E-state index contributed by atoms with van der Waals surface area (Å²) in [6.45, 7) is 4.13. The zero-order valence-electron chi connectivity index (χ0n) is 13.6. The van der Waals surface area contributed by atoms with E-state index in [0.717, 1.165) is 37.5 Å². The number of piperazine rings is 1. The first kappa shape index (κ1) is 15.6. The zero-order chi connectivity index (χ0) is 15.4. The number of nitrogens with one attached hydrogen (secondary N) is 1. The molecule has 0 spiro atoms. The van der Waals surface area contributed by atoms with Crippen molar-refractivity contribution < 1.29 is 9.84 Å². The van der Waals surface area contributed by atoms with Crippen molar-refractivity contribution in [2.24, 2.45) is 5.92 Å². The lowest BCUT2D eigenvalue weighted by atomic mass is 9.79. The second-order valence-electron chi connectivity index (χ2n) is 6.52. The number of aromatic hydroxyl groups is 1. The number of ether oxygens (including phenoxy) is 1. The highest BCUT2D eigenvalue weighted by Gasteiger charge is 2.34. The van der Waals surface area contributed by atoms with Gasteiger partial charge in [0.25, 0.3) is 0 Å². The van der Waals surface area contributed by atoms with Crippen LogP contribution in [-0.2, 0) is 0 Å². The molecule has 1 atom stereocenters. The van der Waals surface area contributed by atoms with Gasteiger partial charge in [-0.15, -0.1) is 0 Å². The van der Waals surface area contributed by atoms with Gasteiger partial charge in [0.15, 0.2) is 0 Å². The summed E-state index contributed by atoms with van der Waals surface area (Å²) in [5.74, 6) is 1.83. The summed E-state index contributed by atoms with van der Waals surface area (Å²) < 4.78 is 5.59. The predicted octanol–water partition coefficient (Wildman–Crippen LogP) is 2.93. The summed E-state index contributed by atoms with van der Waals surface area (Å²) >= 11 is 0. The highest BCUT2D eigenvalue weighted by atomic mass is 16.5. The third-order valence-electron chi connectivity index (χ3n) is 5.20. The summed E-state index contributed by atoms with van der Waals surface area (Å²) in [5, 5.41) is 14.0. The standard InChI is InChI=1S/C18H28N2O2/c1-22-16-9-5-8-15(21)17(16)18(14-6-3-2-4-7-14)20-12-10-19-11-13-20/h5,8-9,14,18-19,21H,2-4,6-7,10-13H2,1H3/t18-/m1/s1. The Bertz CT molecular complexity index is 462. The van der Waals surface area contributed by atoms with Gasteiger partial charge in [-0.25, -0.2) is 0 Å². The normalized spacial score (nSPS) is 22.4. The van der Waals surface area contributed by atoms with Crippen LogP contribution in [0.1, 0.15) is 43.7 Å². The van der Waals surface area contributed by atoms with Gasteiger partial charge in [0.05, 0.1) is 12.7 Å². The van der Waals surface area contributed by atoms with E-state index in [1.165, 1.54) is 32.1 Å². The lowest BCUT2D eigenvalue weighted by Gasteiger charge is -2.41. The molecule has 1 aromatic rings. The molecule has 3 rings (SSSR count). The Morgan fingerprint density at radius 1 is 1.18 bits per heavy atom. The van der Waals surface area contributed by atoms with Crippen LogP contribution in [0.15, 0.2) is 18.2 Å². The molecule has 4 nitrogen and oxygen atoms in total. The fourth-order valence-electron chi connectivity index (χ4n) is 4.13. The van der Waals surface area contributed by atoms with E-state index < -0.39 is 0 Å². The number of rotatable bonds is 4. The van der Waals surface area contributed by atoms with Gasteiger partial charge in [0, 0.05) is 32.2 Å². The number of hydrogen-bond acceptors (Lipinski definition) is 4. The minimum atomic E-state index is 0.276. The lowest BCUT2D eigenvalue weighted by Crippen LogP contribution is -2.47. The van der Waals surface area contributed by atoms with Gasteiger partial charge >= 0.3 is 0 Å². The fraction of sp³-hybridized carbons (Fsp3) is 0.667. The van der Waals surface area contributed by atoms with Gasteiger partial charge in [-0.1, -0.05) is 25.3 Å². The van der Waals surface area contributed by atoms with Gasteiger partial charge in [-0.2, -0.15) is 0 Å². The van der Waals surface area contributed by atoms with Crippen LogP contribution in [0, 0.1) is 5.92 Å². The zero-order valence-corrected chi connectivity index (χ0v) is 13.6. The molecule has 1 aliphatic heterocycles. The molecule has 1 heterocycles. The minimum absolute atomic E-state index is 0.276. The summed E-state index contributed by atoms with van der Waals surface area (Å²) in [6.07, 6.45) is 6.48. The lowest BCUT2D eigenvalue weighted by molar-refractivity contribution is 0.0991. The first-order valence-electron chi connectivity index (χ1n) is 8.62. The van der Waals surface area contributed by atoms with Crippen LogP contribution < -0.4 is 10.1 Å². The SMILES string of the molecule is COc1cccc(O)c1[C@@H](C1CCCCC1)N1CCNCC1. The van der Waals surface area contributed by atoms with Gasteiger partial charge in [0.2, 0.25) is 0 Å².